The first-order valence-corrected chi connectivity index (χ1v) is 8.43. The van der Waals surface area contributed by atoms with E-state index < -0.39 is 0 Å². The Morgan fingerprint density at radius 1 is 0.889 bits per heavy atom. The summed E-state index contributed by atoms with van der Waals surface area (Å²) in [6.45, 7) is 7.31. The molecule has 0 bridgehead atoms. The zero-order valence-electron chi connectivity index (χ0n) is 12.8. The Hall–Kier alpha value is -0.0400. The average molecular weight is 251 g/mol. The molecule has 1 heteroatoms. The minimum absolute atomic E-state index is 0.740. The van der Waals surface area contributed by atoms with Crippen LogP contribution in [-0.4, -0.2) is 12.1 Å². The van der Waals surface area contributed by atoms with Gasteiger partial charge in [-0.05, 0) is 56.8 Å². The van der Waals surface area contributed by atoms with Crippen LogP contribution in [0.2, 0.25) is 0 Å². The van der Waals surface area contributed by atoms with Crippen molar-refractivity contribution < 1.29 is 0 Å². The van der Waals surface area contributed by atoms with Gasteiger partial charge >= 0.3 is 0 Å². The van der Waals surface area contributed by atoms with Gasteiger partial charge in [0.15, 0.2) is 0 Å². The lowest BCUT2D eigenvalue weighted by Crippen LogP contribution is -2.46. The van der Waals surface area contributed by atoms with Gasteiger partial charge in [-0.25, -0.2) is 0 Å². The first kappa shape index (κ1) is 14.4. The van der Waals surface area contributed by atoms with Crippen LogP contribution in [0.5, 0.6) is 0 Å². The molecule has 2 aliphatic rings. The van der Waals surface area contributed by atoms with Gasteiger partial charge in [0.05, 0.1) is 0 Å². The standard InChI is InChI=1S/C17H33N/c1-13-10-11-17(14(2)12-13)18-15(3)16-8-6-4-5-7-9-16/h13-18H,4-12H2,1-3H3/t13?,14?,15-,17?/m1/s1. The molecule has 3 unspecified atom stereocenters. The van der Waals surface area contributed by atoms with Crippen LogP contribution in [0.1, 0.15) is 78.6 Å². The second-order valence-electron chi connectivity index (χ2n) is 7.21. The van der Waals surface area contributed by atoms with E-state index in [1.165, 1.54) is 57.8 Å². The summed E-state index contributed by atoms with van der Waals surface area (Å²) in [6, 6.07) is 1.53. The predicted molar refractivity (Wildman–Crippen MR) is 79.8 cm³/mol. The zero-order chi connectivity index (χ0) is 13.0. The van der Waals surface area contributed by atoms with Crippen LogP contribution < -0.4 is 5.32 Å². The second kappa shape index (κ2) is 6.93. The molecule has 0 aromatic carbocycles. The van der Waals surface area contributed by atoms with Gasteiger partial charge in [-0.2, -0.15) is 0 Å². The van der Waals surface area contributed by atoms with Crippen molar-refractivity contribution in [2.24, 2.45) is 17.8 Å². The quantitative estimate of drug-likeness (QED) is 0.713. The number of rotatable bonds is 3. The van der Waals surface area contributed by atoms with Gasteiger partial charge in [-0.3, -0.25) is 0 Å². The molecule has 4 atom stereocenters. The number of hydrogen-bond donors (Lipinski definition) is 1. The third-order valence-electron chi connectivity index (χ3n) is 5.52. The molecule has 0 spiro atoms. The molecule has 106 valence electrons. The van der Waals surface area contributed by atoms with Gasteiger partial charge in [-0.15, -0.1) is 0 Å². The Kier molecular flexibility index (Phi) is 5.54. The van der Waals surface area contributed by atoms with Crippen LogP contribution in [0, 0.1) is 17.8 Å². The van der Waals surface area contributed by atoms with E-state index >= 15 is 0 Å². The van der Waals surface area contributed by atoms with Crippen molar-refractivity contribution in [1.82, 2.24) is 5.32 Å². The molecular formula is C17H33N. The van der Waals surface area contributed by atoms with Crippen molar-refractivity contribution in [2.75, 3.05) is 0 Å². The first-order chi connectivity index (χ1) is 8.66. The summed E-state index contributed by atoms with van der Waals surface area (Å²) in [5, 5.41) is 3.99. The average Bonchev–Trinajstić information content (AvgIpc) is 2.61. The fourth-order valence-corrected chi connectivity index (χ4v) is 4.20. The molecule has 0 amide bonds. The Labute approximate surface area is 114 Å². The summed E-state index contributed by atoms with van der Waals surface area (Å²) >= 11 is 0. The largest absolute Gasteiger partial charge is 0.311 e. The topological polar surface area (TPSA) is 12.0 Å². The smallest absolute Gasteiger partial charge is 0.00954 e. The van der Waals surface area contributed by atoms with Crippen LogP contribution in [0.3, 0.4) is 0 Å². The maximum absolute atomic E-state index is 3.99. The molecule has 0 heterocycles. The summed E-state index contributed by atoms with van der Waals surface area (Å²) in [5.74, 6) is 2.77. The van der Waals surface area contributed by atoms with E-state index in [4.69, 9.17) is 0 Å². The van der Waals surface area contributed by atoms with Gasteiger partial charge in [0.1, 0.15) is 0 Å². The van der Waals surface area contributed by atoms with E-state index in [1.54, 1.807) is 0 Å². The van der Waals surface area contributed by atoms with Gasteiger partial charge in [0, 0.05) is 12.1 Å². The molecule has 0 saturated heterocycles. The second-order valence-corrected chi connectivity index (χ2v) is 7.21. The van der Waals surface area contributed by atoms with Crippen molar-refractivity contribution in [3.8, 4) is 0 Å². The van der Waals surface area contributed by atoms with Crippen LogP contribution in [-0.2, 0) is 0 Å². The van der Waals surface area contributed by atoms with Gasteiger partial charge < -0.3 is 5.32 Å². The molecule has 2 aliphatic carbocycles. The van der Waals surface area contributed by atoms with E-state index in [0.717, 1.165) is 29.8 Å². The highest BCUT2D eigenvalue weighted by atomic mass is 15.0. The molecular weight excluding hydrogens is 218 g/mol. The summed E-state index contributed by atoms with van der Waals surface area (Å²) < 4.78 is 0. The molecule has 18 heavy (non-hydrogen) atoms. The lowest BCUT2D eigenvalue weighted by molar-refractivity contribution is 0.194. The van der Waals surface area contributed by atoms with Gasteiger partial charge in [-0.1, -0.05) is 39.5 Å². The fourth-order valence-electron chi connectivity index (χ4n) is 4.20. The molecule has 0 radical (unpaired) electrons. The van der Waals surface area contributed by atoms with E-state index in [-0.39, 0.29) is 0 Å². The van der Waals surface area contributed by atoms with Crippen LogP contribution in [0.4, 0.5) is 0 Å². The van der Waals surface area contributed by atoms with E-state index in [2.05, 4.69) is 26.1 Å². The van der Waals surface area contributed by atoms with E-state index in [1.807, 2.05) is 0 Å². The molecule has 0 aliphatic heterocycles. The molecule has 2 saturated carbocycles. The zero-order valence-corrected chi connectivity index (χ0v) is 12.8. The normalized spacial score (nSPS) is 37.2. The van der Waals surface area contributed by atoms with Gasteiger partial charge in [0.2, 0.25) is 0 Å². The maximum Gasteiger partial charge on any atom is 0.00954 e. The minimum Gasteiger partial charge on any atom is -0.311 e. The highest BCUT2D eigenvalue weighted by molar-refractivity contribution is 4.85. The van der Waals surface area contributed by atoms with Crippen molar-refractivity contribution in [3.63, 3.8) is 0 Å². The maximum atomic E-state index is 3.99. The summed E-state index contributed by atoms with van der Waals surface area (Å²) in [6.07, 6.45) is 13.1. The molecule has 0 aromatic heterocycles. The van der Waals surface area contributed by atoms with Crippen molar-refractivity contribution in [2.45, 2.75) is 90.6 Å². The van der Waals surface area contributed by atoms with Crippen molar-refractivity contribution >= 4 is 0 Å². The Balaban J connectivity index is 1.80. The van der Waals surface area contributed by atoms with E-state index in [9.17, 15) is 0 Å². The van der Waals surface area contributed by atoms with Crippen molar-refractivity contribution in [1.29, 1.82) is 0 Å². The lowest BCUT2D eigenvalue weighted by Gasteiger charge is -2.37. The third-order valence-corrected chi connectivity index (χ3v) is 5.52. The van der Waals surface area contributed by atoms with Crippen LogP contribution in [0.15, 0.2) is 0 Å². The summed E-state index contributed by atoms with van der Waals surface area (Å²) in [5.41, 5.74) is 0. The fraction of sp³-hybridized carbons (Fsp3) is 1.00. The number of nitrogens with one attached hydrogen (secondary N) is 1. The predicted octanol–water partition coefficient (Wildman–Crippen LogP) is 4.76. The SMILES string of the molecule is CC1CCC(N[C@H](C)C2CCCCCC2)C(C)C1. The Morgan fingerprint density at radius 2 is 1.56 bits per heavy atom. The molecule has 2 fully saturated rings. The molecule has 2 rings (SSSR count). The summed E-state index contributed by atoms with van der Waals surface area (Å²) in [7, 11) is 0. The third kappa shape index (κ3) is 3.98. The van der Waals surface area contributed by atoms with Gasteiger partial charge in [0.25, 0.3) is 0 Å². The number of hydrogen-bond acceptors (Lipinski definition) is 1. The lowest BCUT2D eigenvalue weighted by atomic mass is 9.79. The first-order valence-electron chi connectivity index (χ1n) is 8.43. The molecule has 0 aromatic rings. The highest BCUT2D eigenvalue weighted by Crippen LogP contribution is 2.31. The molecule has 1 nitrogen and oxygen atoms in total. The van der Waals surface area contributed by atoms with E-state index in [0.29, 0.717) is 0 Å². The Morgan fingerprint density at radius 3 is 2.17 bits per heavy atom. The Bertz CT molecular complexity index is 230. The molecule has 1 N–H and O–H groups in total. The highest BCUT2D eigenvalue weighted by Gasteiger charge is 2.28. The van der Waals surface area contributed by atoms with Crippen LogP contribution >= 0.6 is 0 Å². The minimum atomic E-state index is 0.740. The monoisotopic (exact) mass is 251 g/mol. The van der Waals surface area contributed by atoms with Crippen LogP contribution in [0.25, 0.3) is 0 Å². The summed E-state index contributed by atoms with van der Waals surface area (Å²) in [4.78, 5) is 0. The van der Waals surface area contributed by atoms with Crippen molar-refractivity contribution in [3.05, 3.63) is 0 Å².